The minimum absolute atomic E-state index is 0.226. The summed E-state index contributed by atoms with van der Waals surface area (Å²) in [5, 5.41) is 3.50. The number of nitrogens with one attached hydrogen (secondary N) is 1. The van der Waals surface area contributed by atoms with E-state index >= 15 is 0 Å². The van der Waals surface area contributed by atoms with Crippen LogP contribution in [0.4, 0.5) is 0 Å². The number of ether oxygens (including phenoxy) is 3. The van der Waals surface area contributed by atoms with Gasteiger partial charge in [0.15, 0.2) is 11.5 Å². The summed E-state index contributed by atoms with van der Waals surface area (Å²) in [6.07, 6.45) is 1.04. The topological polar surface area (TPSA) is 39.7 Å². The largest absolute Gasteiger partial charge is 0.454 e. The molecule has 112 valence electrons. The van der Waals surface area contributed by atoms with Crippen LogP contribution in [0.3, 0.4) is 0 Å². The third kappa shape index (κ3) is 4.11. The number of rotatable bonds is 7. The lowest BCUT2D eigenvalue weighted by atomic mass is 9.89. The second-order valence-corrected chi connectivity index (χ2v) is 6.68. The monoisotopic (exact) mass is 343 g/mol. The van der Waals surface area contributed by atoms with E-state index in [1.54, 1.807) is 7.11 Å². The summed E-state index contributed by atoms with van der Waals surface area (Å²) < 4.78 is 16.9. The maximum Gasteiger partial charge on any atom is 0.231 e. The van der Waals surface area contributed by atoms with Crippen molar-refractivity contribution in [3.05, 3.63) is 22.2 Å². The van der Waals surface area contributed by atoms with Crippen LogP contribution < -0.4 is 14.8 Å². The van der Waals surface area contributed by atoms with E-state index in [9.17, 15) is 0 Å². The Labute approximate surface area is 128 Å². The maximum atomic E-state index is 5.42. The molecule has 1 aromatic carbocycles. The summed E-state index contributed by atoms with van der Waals surface area (Å²) in [5.41, 5.74) is 1.41. The number of hydrogen-bond acceptors (Lipinski definition) is 4. The SMILES string of the molecule is COCCC(C)(C)CNCc1cc(Br)c2c(c1)OCO2. The van der Waals surface area contributed by atoms with Gasteiger partial charge in [-0.3, -0.25) is 0 Å². The molecule has 0 fully saturated rings. The molecule has 5 heteroatoms. The molecule has 4 nitrogen and oxygen atoms in total. The van der Waals surface area contributed by atoms with Crippen molar-refractivity contribution in [2.75, 3.05) is 27.1 Å². The molecule has 0 bridgehead atoms. The molecule has 0 radical (unpaired) electrons. The highest BCUT2D eigenvalue weighted by Crippen LogP contribution is 2.39. The molecule has 0 aliphatic carbocycles. The van der Waals surface area contributed by atoms with Gasteiger partial charge in [0, 0.05) is 26.8 Å². The molecular weight excluding hydrogens is 322 g/mol. The van der Waals surface area contributed by atoms with E-state index in [1.807, 2.05) is 6.07 Å². The molecule has 0 saturated carbocycles. The van der Waals surface area contributed by atoms with Gasteiger partial charge in [-0.2, -0.15) is 0 Å². The van der Waals surface area contributed by atoms with Crippen LogP contribution >= 0.6 is 15.9 Å². The highest BCUT2D eigenvalue weighted by molar-refractivity contribution is 9.10. The van der Waals surface area contributed by atoms with Gasteiger partial charge in [-0.15, -0.1) is 0 Å². The van der Waals surface area contributed by atoms with Crippen molar-refractivity contribution < 1.29 is 14.2 Å². The van der Waals surface area contributed by atoms with E-state index in [-0.39, 0.29) is 5.41 Å². The fourth-order valence-electron chi connectivity index (χ4n) is 2.13. The Kier molecular flexibility index (Phi) is 5.29. The predicted octanol–water partition coefficient (Wildman–Crippen LogP) is 3.33. The predicted molar refractivity (Wildman–Crippen MR) is 82.2 cm³/mol. The number of hydrogen-bond donors (Lipinski definition) is 1. The Morgan fingerprint density at radius 2 is 2.15 bits per heavy atom. The summed E-state index contributed by atoms with van der Waals surface area (Å²) >= 11 is 3.51. The molecule has 20 heavy (non-hydrogen) atoms. The molecule has 0 amide bonds. The lowest BCUT2D eigenvalue weighted by Crippen LogP contribution is -2.30. The summed E-state index contributed by atoms with van der Waals surface area (Å²) in [6, 6.07) is 4.10. The second-order valence-electron chi connectivity index (χ2n) is 5.82. The van der Waals surface area contributed by atoms with Crippen LogP contribution in [0.5, 0.6) is 11.5 Å². The van der Waals surface area contributed by atoms with Crippen LogP contribution in [-0.2, 0) is 11.3 Å². The zero-order valence-corrected chi connectivity index (χ0v) is 13.9. The van der Waals surface area contributed by atoms with Gasteiger partial charge in [0.2, 0.25) is 6.79 Å². The molecule has 1 aliphatic rings. The van der Waals surface area contributed by atoms with Crippen LogP contribution in [0.1, 0.15) is 25.8 Å². The zero-order valence-electron chi connectivity index (χ0n) is 12.3. The van der Waals surface area contributed by atoms with E-state index in [4.69, 9.17) is 14.2 Å². The van der Waals surface area contributed by atoms with Gasteiger partial charge in [-0.1, -0.05) is 13.8 Å². The van der Waals surface area contributed by atoms with Crippen LogP contribution in [-0.4, -0.2) is 27.1 Å². The summed E-state index contributed by atoms with van der Waals surface area (Å²) in [6.45, 7) is 7.34. The molecule has 0 atom stereocenters. The number of methoxy groups -OCH3 is 1. The highest BCUT2D eigenvalue weighted by atomic mass is 79.9. The van der Waals surface area contributed by atoms with Gasteiger partial charge in [0.25, 0.3) is 0 Å². The average Bonchev–Trinajstić information content (AvgIpc) is 2.85. The quantitative estimate of drug-likeness (QED) is 0.824. The molecule has 0 spiro atoms. The average molecular weight is 344 g/mol. The normalized spacial score (nSPS) is 13.8. The Hall–Kier alpha value is -0.780. The van der Waals surface area contributed by atoms with Gasteiger partial charge >= 0.3 is 0 Å². The van der Waals surface area contributed by atoms with E-state index in [2.05, 4.69) is 41.2 Å². The first kappa shape index (κ1) is 15.6. The lowest BCUT2D eigenvalue weighted by molar-refractivity contribution is 0.150. The standard InChI is InChI=1S/C15H22BrNO3/c1-15(2,4-5-18-3)9-17-8-11-6-12(16)14-13(7-11)19-10-20-14/h6-7,17H,4-5,8-10H2,1-3H3. The molecule has 1 heterocycles. The smallest absolute Gasteiger partial charge is 0.231 e. The first-order valence-electron chi connectivity index (χ1n) is 6.79. The summed E-state index contributed by atoms with van der Waals surface area (Å²) in [4.78, 5) is 0. The van der Waals surface area contributed by atoms with E-state index in [1.165, 1.54) is 5.56 Å². The van der Waals surface area contributed by atoms with Crippen LogP contribution in [0.25, 0.3) is 0 Å². The molecular formula is C15H22BrNO3. The Morgan fingerprint density at radius 3 is 2.90 bits per heavy atom. The van der Waals surface area contributed by atoms with Gasteiger partial charge < -0.3 is 19.5 Å². The lowest BCUT2D eigenvalue weighted by Gasteiger charge is -2.24. The molecule has 1 N–H and O–H groups in total. The van der Waals surface area contributed by atoms with Gasteiger partial charge in [-0.05, 0) is 45.5 Å². The second kappa shape index (κ2) is 6.78. The molecule has 2 rings (SSSR count). The summed E-state index contributed by atoms with van der Waals surface area (Å²) in [5.74, 6) is 1.61. The molecule has 0 saturated heterocycles. The maximum absolute atomic E-state index is 5.42. The van der Waals surface area contributed by atoms with Crippen molar-refractivity contribution >= 4 is 15.9 Å². The molecule has 1 aromatic rings. The van der Waals surface area contributed by atoms with E-state index < -0.39 is 0 Å². The first-order chi connectivity index (χ1) is 9.52. The van der Waals surface area contributed by atoms with Crippen molar-refractivity contribution in [1.29, 1.82) is 0 Å². The number of halogens is 1. The minimum Gasteiger partial charge on any atom is -0.454 e. The third-order valence-corrected chi connectivity index (χ3v) is 3.99. The van der Waals surface area contributed by atoms with Gasteiger partial charge in [0.05, 0.1) is 4.47 Å². The summed E-state index contributed by atoms with van der Waals surface area (Å²) in [7, 11) is 1.74. The Balaban J connectivity index is 1.87. The van der Waals surface area contributed by atoms with Crippen LogP contribution in [0, 0.1) is 5.41 Å². The van der Waals surface area contributed by atoms with E-state index in [0.29, 0.717) is 6.79 Å². The fraction of sp³-hybridized carbons (Fsp3) is 0.600. The first-order valence-corrected chi connectivity index (χ1v) is 7.59. The van der Waals surface area contributed by atoms with Crippen LogP contribution in [0.15, 0.2) is 16.6 Å². The molecule has 0 unspecified atom stereocenters. The van der Waals surface area contributed by atoms with Gasteiger partial charge in [0.1, 0.15) is 0 Å². The zero-order chi connectivity index (χ0) is 14.6. The van der Waals surface area contributed by atoms with Crippen molar-refractivity contribution in [2.24, 2.45) is 5.41 Å². The number of fused-ring (bicyclic) bond motifs is 1. The van der Waals surface area contributed by atoms with Crippen molar-refractivity contribution in [3.8, 4) is 11.5 Å². The Morgan fingerprint density at radius 1 is 1.35 bits per heavy atom. The molecule has 0 aromatic heterocycles. The van der Waals surface area contributed by atoms with Crippen molar-refractivity contribution in [3.63, 3.8) is 0 Å². The highest BCUT2D eigenvalue weighted by Gasteiger charge is 2.19. The molecule has 1 aliphatic heterocycles. The van der Waals surface area contributed by atoms with Crippen LogP contribution in [0.2, 0.25) is 0 Å². The van der Waals surface area contributed by atoms with Gasteiger partial charge in [-0.25, -0.2) is 0 Å². The Bertz CT molecular complexity index is 463. The third-order valence-electron chi connectivity index (χ3n) is 3.40. The minimum atomic E-state index is 0.226. The number of benzene rings is 1. The van der Waals surface area contributed by atoms with Crippen molar-refractivity contribution in [2.45, 2.75) is 26.8 Å². The van der Waals surface area contributed by atoms with E-state index in [0.717, 1.165) is 42.1 Å². The van der Waals surface area contributed by atoms with Crippen molar-refractivity contribution in [1.82, 2.24) is 5.32 Å². The fourth-order valence-corrected chi connectivity index (χ4v) is 2.74.